The fourth-order valence-electron chi connectivity index (χ4n) is 3.60. The van der Waals surface area contributed by atoms with Crippen molar-refractivity contribution in [3.05, 3.63) is 29.6 Å². The fraction of sp³-hybridized carbons (Fsp3) is 0.706. The van der Waals surface area contributed by atoms with Crippen molar-refractivity contribution < 1.29 is 0 Å². The molecule has 20 heavy (non-hydrogen) atoms. The first-order valence-electron chi connectivity index (χ1n) is 8.30. The molecule has 1 saturated carbocycles. The standard InChI is InChI=1S/C17H27N3/c18-15-7-5-4-6-14(12-15)13-16-10-11-20(19-16)17-8-2-1-3-9-17/h10-12,15,17H,1-9,13,18H2. The predicted octanol–water partition coefficient (Wildman–Crippen LogP) is 3.76. The van der Waals surface area contributed by atoms with Gasteiger partial charge in [0.05, 0.1) is 11.7 Å². The Morgan fingerprint density at radius 3 is 2.75 bits per heavy atom. The quantitative estimate of drug-likeness (QED) is 0.852. The lowest BCUT2D eigenvalue weighted by Gasteiger charge is -2.21. The minimum atomic E-state index is 0.257. The van der Waals surface area contributed by atoms with Crippen LogP contribution in [-0.4, -0.2) is 15.8 Å². The van der Waals surface area contributed by atoms with Gasteiger partial charge in [0.2, 0.25) is 0 Å². The molecule has 3 heteroatoms. The maximum atomic E-state index is 6.10. The van der Waals surface area contributed by atoms with Gasteiger partial charge in [-0.25, -0.2) is 0 Å². The Hall–Kier alpha value is -1.09. The van der Waals surface area contributed by atoms with Crippen molar-refractivity contribution >= 4 is 0 Å². The van der Waals surface area contributed by atoms with Crippen LogP contribution in [0.15, 0.2) is 23.9 Å². The Morgan fingerprint density at radius 1 is 1.10 bits per heavy atom. The van der Waals surface area contributed by atoms with Crippen molar-refractivity contribution in [2.24, 2.45) is 5.73 Å². The molecule has 2 N–H and O–H groups in total. The zero-order chi connectivity index (χ0) is 13.8. The van der Waals surface area contributed by atoms with E-state index in [9.17, 15) is 0 Å². The van der Waals surface area contributed by atoms with E-state index in [-0.39, 0.29) is 6.04 Å². The normalized spacial score (nSPS) is 25.2. The number of hydrogen-bond acceptors (Lipinski definition) is 2. The number of nitrogens with two attached hydrogens (primary N) is 1. The Bertz CT molecular complexity index is 455. The van der Waals surface area contributed by atoms with Gasteiger partial charge in [-0.15, -0.1) is 0 Å². The number of rotatable bonds is 3. The number of allylic oxidation sites excluding steroid dienone is 1. The minimum Gasteiger partial charge on any atom is -0.324 e. The van der Waals surface area contributed by atoms with Crippen molar-refractivity contribution in [2.75, 3.05) is 0 Å². The molecule has 0 bridgehead atoms. The molecule has 0 aliphatic heterocycles. The van der Waals surface area contributed by atoms with Gasteiger partial charge in [0.15, 0.2) is 0 Å². The third kappa shape index (κ3) is 3.51. The van der Waals surface area contributed by atoms with Gasteiger partial charge in [-0.05, 0) is 38.2 Å². The summed E-state index contributed by atoms with van der Waals surface area (Å²) in [6, 6.07) is 3.10. The summed E-state index contributed by atoms with van der Waals surface area (Å²) in [5.74, 6) is 0. The molecule has 1 aromatic heterocycles. The molecule has 2 aliphatic rings. The van der Waals surface area contributed by atoms with Crippen LogP contribution in [0.2, 0.25) is 0 Å². The van der Waals surface area contributed by atoms with Crippen LogP contribution >= 0.6 is 0 Å². The molecule has 1 atom stereocenters. The van der Waals surface area contributed by atoms with Crippen molar-refractivity contribution in [3.63, 3.8) is 0 Å². The van der Waals surface area contributed by atoms with Gasteiger partial charge in [0.1, 0.15) is 0 Å². The first kappa shape index (κ1) is 13.9. The van der Waals surface area contributed by atoms with E-state index in [0.717, 1.165) is 12.8 Å². The predicted molar refractivity (Wildman–Crippen MR) is 82.6 cm³/mol. The second-order valence-corrected chi connectivity index (χ2v) is 6.49. The molecule has 0 radical (unpaired) electrons. The maximum Gasteiger partial charge on any atom is 0.0665 e. The van der Waals surface area contributed by atoms with Gasteiger partial charge in [0.25, 0.3) is 0 Å². The Balaban J connectivity index is 1.64. The highest BCUT2D eigenvalue weighted by Gasteiger charge is 2.16. The van der Waals surface area contributed by atoms with Crippen LogP contribution in [0, 0.1) is 0 Å². The SMILES string of the molecule is NC1C=C(Cc2ccn(C3CCCCC3)n2)CCCC1. The molecule has 1 heterocycles. The van der Waals surface area contributed by atoms with E-state index in [2.05, 4.69) is 23.0 Å². The van der Waals surface area contributed by atoms with Gasteiger partial charge in [-0.3, -0.25) is 4.68 Å². The first-order chi connectivity index (χ1) is 9.81. The Kier molecular flexibility index (Phi) is 4.56. The summed E-state index contributed by atoms with van der Waals surface area (Å²) in [5, 5.41) is 4.82. The molecular formula is C17H27N3. The molecule has 1 fully saturated rings. The highest BCUT2D eigenvalue weighted by atomic mass is 15.3. The molecular weight excluding hydrogens is 246 g/mol. The number of nitrogens with zero attached hydrogens (tertiary/aromatic N) is 2. The van der Waals surface area contributed by atoms with Crippen molar-refractivity contribution in [3.8, 4) is 0 Å². The highest BCUT2D eigenvalue weighted by Crippen LogP contribution is 2.28. The van der Waals surface area contributed by atoms with E-state index in [0.29, 0.717) is 6.04 Å². The molecule has 0 aromatic carbocycles. The summed E-state index contributed by atoms with van der Waals surface area (Å²) >= 11 is 0. The topological polar surface area (TPSA) is 43.8 Å². The van der Waals surface area contributed by atoms with Gasteiger partial charge in [-0.2, -0.15) is 5.10 Å². The fourth-order valence-corrected chi connectivity index (χ4v) is 3.60. The van der Waals surface area contributed by atoms with Crippen LogP contribution in [0.3, 0.4) is 0 Å². The van der Waals surface area contributed by atoms with Gasteiger partial charge in [-0.1, -0.05) is 37.3 Å². The molecule has 2 aliphatic carbocycles. The molecule has 110 valence electrons. The summed E-state index contributed by atoms with van der Waals surface area (Å²) in [4.78, 5) is 0. The average molecular weight is 273 g/mol. The molecule has 0 amide bonds. The van der Waals surface area contributed by atoms with Crippen LogP contribution in [0.5, 0.6) is 0 Å². The summed E-state index contributed by atoms with van der Waals surface area (Å²) < 4.78 is 2.21. The van der Waals surface area contributed by atoms with E-state index in [1.165, 1.54) is 62.6 Å². The largest absolute Gasteiger partial charge is 0.324 e. The molecule has 3 nitrogen and oxygen atoms in total. The van der Waals surface area contributed by atoms with Crippen LogP contribution in [-0.2, 0) is 6.42 Å². The zero-order valence-corrected chi connectivity index (χ0v) is 12.4. The number of hydrogen-bond donors (Lipinski definition) is 1. The minimum absolute atomic E-state index is 0.257. The van der Waals surface area contributed by atoms with Crippen molar-refractivity contribution in [2.45, 2.75) is 76.3 Å². The van der Waals surface area contributed by atoms with Crippen LogP contribution in [0.1, 0.15) is 69.5 Å². The van der Waals surface area contributed by atoms with Crippen LogP contribution in [0.4, 0.5) is 0 Å². The van der Waals surface area contributed by atoms with Crippen LogP contribution < -0.4 is 5.73 Å². The highest BCUT2D eigenvalue weighted by molar-refractivity contribution is 5.17. The summed E-state index contributed by atoms with van der Waals surface area (Å²) in [6.07, 6.45) is 17.1. The maximum absolute atomic E-state index is 6.10. The third-order valence-electron chi connectivity index (χ3n) is 4.76. The zero-order valence-electron chi connectivity index (χ0n) is 12.4. The summed E-state index contributed by atoms with van der Waals surface area (Å²) in [5.41, 5.74) is 8.81. The lowest BCUT2D eigenvalue weighted by atomic mass is 9.96. The second kappa shape index (κ2) is 6.57. The monoisotopic (exact) mass is 273 g/mol. The Morgan fingerprint density at radius 2 is 1.90 bits per heavy atom. The first-order valence-corrected chi connectivity index (χ1v) is 8.30. The molecule has 0 spiro atoms. The van der Waals surface area contributed by atoms with Crippen molar-refractivity contribution in [1.29, 1.82) is 0 Å². The average Bonchev–Trinajstić information content (AvgIpc) is 2.83. The van der Waals surface area contributed by atoms with E-state index in [1.54, 1.807) is 0 Å². The number of aromatic nitrogens is 2. The smallest absolute Gasteiger partial charge is 0.0665 e. The van der Waals surface area contributed by atoms with Crippen molar-refractivity contribution in [1.82, 2.24) is 9.78 Å². The summed E-state index contributed by atoms with van der Waals surface area (Å²) in [7, 11) is 0. The Labute approximate surface area is 122 Å². The van der Waals surface area contributed by atoms with E-state index < -0.39 is 0 Å². The van der Waals surface area contributed by atoms with E-state index in [1.807, 2.05) is 0 Å². The molecule has 3 rings (SSSR count). The summed E-state index contributed by atoms with van der Waals surface area (Å²) in [6.45, 7) is 0. The lowest BCUT2D eigenvalue weighted by molar-refractivity contribution is 0.328. The molecule has 1 unspecified atom stereocenters. The van der Waals surface area contributed by atoms with Gasteiger partial charge < -0.3 is 5.73 Å². The van der Waals surface area contributed by atoms with E-state index in [4.69, 9.17) is 10.8 Å². The van der Waals surface area contributed by atoms with Gasteiger partial charge in [0, 0.05) is 18.7 Å². The molecule has 1 aromatic rings. The van der Waals surface area contributed by atoms with Crippen LogP contribution in [0.25, 0.3) is 0 Å². The van der Waals surface area contributed by atoms with E-state index >= 15 is 0 Å². The van der Waals surface area contributed by atoms with Gasteiger partial charge >= 0.3 is 0 Å². The lowest BCUT2D eigenvalue weighted by Crippen LogP contribution is -2.16. The third-order valence-corrected chi connectivity index (χ3v) is 4.76. The second-order valence-electron chi connectivity index (χ2n) is 6.49. The molecule has 0 saturated heterocycles.